The maximum atomic E-state index is 12.5. The second kappa shape index (κ2) is 3.67. The average Bonchev–Trinajstić information content (AvgIpc) is 2.58. The maximum absolute atomic E-state index is 12.5. The summed E-state index contributed by atoms with van der Waals surface area (Å²) in [6, 6.07) is 9.40. The standard InChI is InChI=1S/C13H16N2O/c1-13(14(2)9-10-15(13)3)12(16)11-7-5-4-6-8-11/h4-10H,1-3H3. The van der Waals surface area contributed by atoms with Crippen molar-refractivity contribution in [2.75, 3.05) is 14.1 Å². The molecule has 84 valence electrons. The van der Waals surface area contributed by atoms with Gasteiger partial charge in [-0.1, -0.05) is 30.3 Å². The Kier molecular flexibility index (Phi) is 2.46. The molecule has 0 amide bonds. The van der Waals surface area contributed by atoms with Gasteiger partial charge in [-0.05, 0) is 6.92 Å². The van der Waals surface area contributed by atoms with Crippen molar-refractivity contribution in [2.24, 2.45) is 0 Å². The van der Waals surface area contributed by atoms with Gasteiger partial charge in [-0.3, -0.25) is 4.79 Å². The summed E-state index contributed by atoms with van der Waals surface area (Å²) < 4.78 is 0. The molecule has 1 aromatic carbocycles. The van der Waals surface area contributed by atoms with Gasteiger partial charge in [0.25, 0.3) is 0 Å². The number of carbonyl (C=O) groups is 1. The minimum Gasteiger partial charge on any atom is -0.350 e. The van der Waals surface area contributed by atoms with E-state index in [4.69, 9.17) is 0 Å². The highest BCUT2D eigenvalue weighted by atomic mass is 16.1. The van der Waals surface area contributed by atoms with Crippen LogP contribution in [0.3, 0.4) is 0 Å². The van der Waals surface area contributed by atoms with Gasteiger partial charge < -0.3 is 9.80 Å². The number of benzene rings is 1. The fourth-order valence-corrected chi connectivity index (χ4v) is 1.92. The Morgan fingerprint density at radius 3 is 2.06 bits per heavy atom. The lowest BCUT2D eigenvalue weighted by Gasteiger charge is -2.37. The molecule has 0 bridgehead atoms. The van der Waals surface area contributed by atoms with Crippen LogP contribution in [0.5, 0.6) is 0 Å². The van der Waals surface area contributed by atoms with Crippen LogP contribution in [0.15, 0.2) is 42.7 Å². The summed E-state index contributed by atoms with van der Waals surface area (Å²) in [7, 11) is 3.84. The van der Waals surface area contributed by atoms with E-state index in [9.17, 15) is 4.79 Å². The maximum Gasteiger partial charge on any atom is 0.208 e. The molecule has 0 spiro atoms. The first kappa shape index (κ1) is 10.7. The molecule has 0 saturated carbocycles. The van der Waals surface area contributed by atoms with Crippen molar-refractivity contribution in [1.29, 1.82) is 0 Å². The van der Waals surface area contributed by atoms with Crippen molar-refractivity contribution in [3.05, 3.63) is 48.3 Å². The number of hydrogen-bond donors (Lipinski definition) is 0. The minimum absolute atomic E-state index is 0.114. The molecule has 0 fully saturated rings. The molecular weight excluding hydrogens is 200 g/mol. The number of ketones is 1. The van der Waals surface area contributed by atoms with Crippen molar-refractivity contribution in [3.63, 3.8) is 0 Å². The predicted molar refractivity (Wildman–Crippen MR) is 63.8 cm³/mol. The van der Waals surface area contributed by atoms with Crippen molar-refractivity contribution in [2.45, 2.75) is 12.6 Å². The number of nitrogens with zero attached hydrogens (tertiary/aromatic N) is 2. The van der Waals surface area contributed by atoms with E-state index in [0.717, 1.165) is 5.56 Å². The highest BCUT2D eigenvalue weighted by Gasteiger charge is 2.42. The SMILES string of the molecule is CN1C=CN(C)C1(C)C(=O)c1ccccc1. The molecular formula is C13H16N2O. The van der Waals surface area contributed by atoms with Crippen LogP contribution in [0.4, 0.5) is 0 Å². The van der Waals surface area contributed by atoms with Gasteiger partial charge in [0.1, 0.15) is 0 Å². The van der Waals surface area contributed by atoms with Crippen molar-refractivity contribution >= 4 is 5.78 Å². The summed E-state index contributed by atoms with van der Waals surface area (Å²) in [5.41, 5.74) is 0.133. The Bertz CT molecular complexity index is 413. The molecule has 3 nitrogen and oxygen atoms in total. The third-order valence-corrected chi connectivity index (χ3v) is 3.35. The van der Waals surface area contributed by atoms with Crippen molar-refractivity contribution < 1.29 is 4.79 Å². The Morgan fingerprint density at radius 1 is 1.06 bits per heavy atom. The molecule has 0 unspecified atom stereocenters. The number of hydrogen-bond acceptors (Lipinski definition) is 3. The second-order valence-corrected chi connectivity index (χ2v) is 4.24. The zero-order valence-electron chi connectivity index (χ0n) is 9.84. The van der Waals surface area contributed by atoms with Gasteiger partial charge in [0.15, 0.2) is 5.66 Å². The van der Waals surface area contributed by atoms with E-state index in [-0.39, 0.29) is 5.78 Å². The van der Waals surface area contributed by atoms with Crippen molar-refractivity contribution in [1.82, 2.24) is 9.80 Å². The molecule has 1 heterocycles. The zero-order valence-corrected chi connectivity index (χ0v) is 9.84. The number of rotatable bonds is 2. The molecule has 0 N–H and O–H groups in total. The zero-order chi connectivity index (χ0) is 11.8. The molecule has 0 saturated heterocycles. The van der Waals surface area contributed by atoms with Crippen LogP contribution in [0.1, 0.15) is 17.3 Å². The fraction of sp³-hybridized carbons (Fsp3) is 0.308. The van der Waals surface area contributed by atoms with E-state index in [2.05, 4.69) is 0 Å². The van der Waals surface area contributed by atoms with Gasteiger partial charge in [-0.25, -0.2) is 0 Å². The summed E-state index contributed by atoms with van der Waals surface area (Å²) in [6.07, 6.45) is 3.84. The summed E-state index contributed by atoms with van der Waals surface area (Å²) in [4.78, 5) is 16.3. The first-order chi connectivity index (χ1) is 7.56. The summed E-state index contributed by atoms with van der Waals surface area (Å²) in [5.74, 6) is 0.114. The largest absolute Gasteiger partial charge is 0.350 e. The highest BCUT2D eigenvalue weighted by molar-refractivity contribution is 6.03. The van der Waals surface area contributed by atoms with E-state index < -0.39 is 5.66 Å². The summed E-state index contributed by atoms with van der Waals surface area (Å²) >= 11 is 0. The number of likely N-dealkylation sites (N-methyl/N-ethyl adjacent to an activating group) is 2. The third kappa shape index (κ3) is 1.40. The van der Waals surface area contributed by atoms with Crippen LogP contribution >= 0.6 is 0 Å². The molecule has 1 aromatic rings. The Labute approximate surface area is 96.0 Å². The topological polar surface area (TPSA) is 23.6 Å². The van der Waals surface area contributed by atoms with E-state index in [0.29, 0.717) is 0 Å². The molecule has 3 heteroatoms. The lowest BCUT2D eigenvalue weighted by Crippen LogP contribution is -2.54. The smallest absolute Gasteiger partial charge is 0.208 e. The first-order valence-electron chi connectivity index (χ1n) is 5.31. The molecule has 1 aliphatic rings. The van der Waals surface area contributed by atoms with E-state index in [1.807, 2.05) is 73.6 Å². The van der Waals surface area contributed by atoms with Gasteiger partial charge in [0.2, 0.25) is 5.78 Å². The van der Waals surface area contributed by atoms with Gasteiger partial charge in [-0.15, -0.1) is 0 Å². The Morgan fingerprint density at radius 2 is 1.56 bits per heavy atom. The molecule has 0 radical (unpaired) electrons. The highest BCUT2D eigenvalue weighted by Crippen LogP contribution is 2.28. The predicted octanol–water partition coefficient (Wildman–Crippen LogP) is 1.93. The second-order valence-electron chi connectivity index (χ2n) is 4.24. The molecule has 16 heavy (non-hydrogen) atoms. The van der Waals surface area contributed by atoms with Crippen LogP contribution in [0, 0.1) is 0 Å². The molecule has 0 aliphatic carbocycles. The fourth-order valence-electron chi connectivity index (χ4n) is 1.92. The van der Waals surface area contributed by atoms with Crippen LogP contribution in [0.2, 0.25) is 0 Å². The van der Waals surface area contributed by atoms with Gasteiger partial charge in [0.05, 0.1) is 0 Å². The van der Waals surface area contributed by atoms with Crippen LogP contribution in [-0.4, -0.2) is 35.3 Å². The molecule has 0 atom stereocenters. The lowest BCUT2D eigenvalue weighted by molar-refractivity contribution is 0.0497. The van der Waals surface area contributed by atoms with E-state index in [1.165, 1.54) is 0 Å². The van der Waals surface area contributed by atoms with Crippen LogP contribution in [0.25, 0.3) is 0 Å². The van der Waals surface area contributed by atoms with Crippen LogP contribution < -0.4 is 0 Å². The lowest BCUT2D eigenvalue weighted by atomic mass is 9.98. The molecule has 0 aromatic heterocycles. The minimum atomic E-state index is -0.610. The number of carbonyl (C=O) groups excluding carboxylic acids is 1. The van der Waals surface area contributed by atoms with Gasteiger partial charge in [-0.2, -0.15) is 0 Å². The Hall–Kier alpha value is -1.77. The van der Waals surface area contributed by atoms with Crippen molar-refractivity contribution in [3.8, 4) is 0 Å². The quantitative estimate of drug-likeness (QED) is 0.706. The van der Waals surface area contributed by atoms with Gasteiger partial charge in [0, 0.05) is 32.1 Å². The molecule has 2 rings (SSSR count). The normalized spacial score (nSPS) is 17.9. The molecule has 1 aliphatic heterocycles. The Balaban J connectivity index is 2.36. The average molecular weight is 216 g/mol. The monoisotopic (exact) mass is 216 g/mol. The van der Waals surface area contributed by atoms with Gasteiger partial charge >= 0.3 is 0 Å². The third-order valence-electron chi connectivity index (χ3n) is 3.35. The van der Waals surface area contributed by atoms with Crippen LogP contribution in [-0.2, 0) is 0 Å². The number of Topliss-reactive ketones (excluding diaryl/α,β-unsaturated/α-hetero) is 1. The van der Waals surface area contributed by atoms with E-state index >= 15 is 0 Å². The summed E-state index contributed by atoms with van der Waals surface area (Å²) in [5, 5.41) is 0. The summed E-state index contributed by atoms with van der Waals surface area (Å²) in [6.45, 7) is 1.93. The van der Waals surface area contributed by atoms with E-state index in [1.54, 1.807) is 0 Å². The first-order valence-corrected chi connectivity index (χ1v) is 5.31.